The van der Waals surface area contributed by atoms with Gasteiger partial charge in [0.05, 0.1) is 12.1 Å². The number of para-hydroxylation sites is 1. The lowest BCUT2D eigenvalue weighted by Crippen LogP contribution is -2.39. The molecular weight excluding hydrogens is 342 g/mol. The van der Waals surface area contributed by atoms with Crippen LogP contribution in [-0.4, -0.2) is 23.8 Å². The first-order chi connectivity index (χ1) is 12.0. The van der Waals surface area contributed by atoms with E-state index < -0.39 is 6.10 Å². The summed E-state index contributed by atoms with van der Waals surface area (Å²) >= 11 is 5.89. The predicted octanol–water partition coefficient (Wildman–Crippen LogP) is 2.97. The molecule has 2 aromatic rings. The molecule has 0 bridgehead atoms. The molecule has 25 heavy (non-hydrogen) atoms. The zero-order chi connectivity index (χ0) is 17.8. The fraction of sp³-hybridized carbons (Fsp3) is 0.167. The summed E-state index contributed by atoms with van der Waals surface area (Å²) in [4.78, 5) is 24.3. The van der Waals surface area contributed by atoms with Gasteiger partial charge in [0, 0.05) is 5.02 Å². The molecule has 1 N–H and O–H groups in total. The Labute approximate surface area is 150 Å². The maximum atomic E-state index is 12.3. The van der Waals surface area contributed by atoms with Crippen molar-refractivity contribution in [3.05, 3.63) is 59.6 Å². The van der Waals surface area contributed by atoms with E-state index in [-0.39, 0.29) is 18.2 Å². The quantitative estimate of drug-likeness (QED) is 0.914. The zero-order valence-electron chi connectivity index (χ0n) is 13.5. The smallest absolute Gasteiger partial charge is 0.266 e. The molecule has 0 radical (unpaired) electrons. The Morgan fingerprint density at radius 2 is 2.00 bits per heavy atom. The Hall–Kier alpha value is -2.86. The van der Waals surface area contributed by atoms with Crippen molar-refractivity contribution in [2.24, 2.45) is 5.10 Å². The van der Waals surface area contributed by atoms with Crippen molar-refractivity contribution in [2.75, 3.05) is 5.01 Å². The minimum absolute atomic E-state index is 0.0323. The van der Waals surface area contributed by atoms with Gasteiger partial charge in [-0.25, -0.2) is 0 Å². The number of hydrazone groups is 1. The van der Waals surface area contributed by atoms with Gasteiger partial charge in [-0.2, -0.15) is 10.1 Å². The van der Waals surface area contributed by atoms with Crippen LogP contribution in [0.15, 0.2) is 59.7 Å². The number of carbonyl (C=O) groups excluding carboxylic acids is 2. The van der Waals surface area contributed by atoms with Gasteiger partial charge in [0.15, 0.2) is 6.10 Å². The molecule has 0 spiro atoms. The minimum Gasteiger partial charge on any atom is -0.481 e. The summed E-state index contributed by atoms with van der Waals surface area (Å²) in [6, 6.07) is 15.8. The molecule has 1 heterocycles. The molecule has 7 heteroatoms. The van der Waals surface area contributed by atoms with Gasteiger partial charge in [0.1, 0.15) is 11.6 Å². The van der Waals surface area contributed by atoms with Crippen molar-refractivity contribution in [3.63, 3.8) is 0 Å². The highest BCUT2D eigenvalue weighted by Crippen LogP contribution is 2.20. The maximum absolute atomic E-state index is 12.3. The highest BCUT2D eigenvalue weighted by molar-refractivity contribution is 6.30. The van der Waals surface area contributed by atoms with Crippen LogP contribution in [0.2, 0.25) is 5.02 Å². The number of halogens is 1. The van der Waals surface area contributed by atoms with Gasteiger partial charge >= 0.3 is 0 Å². The van der Waals surface area contributed by atoms with Crippen LogP contribution >= 0.6 is 11.6 Å². The van der Waals surface area contributed by atoms with E-state index in [1.807, 2.05) is 18.2 Å². The zero-order valence-corrected chi connectivity index (χ0v) is 14.2. The molecule has 1 aliphatic heterocycles. The highest BCUT2D eigenvalue weighted by Gasteiger charge is 2.27. The van der Waals surface area contributed by atoms with Crippen LogP contribution in [0.5, 0.6) is 5.75 Å². The average molecular weight is 358 g/mol. The number of nitrogens with zero attached hydrogens (tertiary/aromatic N) is 2. The Bertz CT molecular complexity index is 823. The molecule has 2 aromatic carbocycles. The van der Waals surface area contributed by atoms with Crippen molar-refractivity contribution >= 4 is 34.9 Å². The summed E-state index contributed by atoms with van der Waals surface area (Å²) in [5.74, 6) is 0.192. The first-order valence-corrected chi connectivity index (χ1v) is 8.09. The largest absolute Gasteiger partial charge is 0.481 e. The van der Waals surface area contributed by atoms with E-state index in [2.05, 4.69) is 10.4 Å². The van der Waals surface area contributed by atoms with Crippen LogP contribution in [-0.2, 0) is 9.59 Å². The number of rotatable bonds is 4. The maximum Gasteiger partial charge on any atom is 0.266 e. The number of anilines is 1. The number of hydrogen-bond acceptors (Lipinski definition) is 4. The number of amidine groups is 1. The minimum atomic E-state index is -0.762. The number of hydrogen-bond donors (Lipinski definition) is 1. The van der Waals surface area contributed by atoms with E-state index in [4.69, 9.17) is 16.3 Å². The van der Waals surface area contributed by atoms with E-state index in [0.29, 0.717) is 22.3 Å². The molecule has 1 unspecified atom stereocenters. The lowest BCUT2D eigenvalue weighted by Gasteiger charge is -2.14. The second kappa shape index (κ2) is 7.36. The number of amides is 2. The van der Waals surface area contributed by atoms with Crippen molar-refractivity contribution in [1.82, 2.24) is 5.32 Å². The Morgan fingerprint density at radius 3 is 2.72 bits per heavy atom. The molecule has 0 aliphatic carbocycles. The third-order valence-corrected chi connectivity index (χ3v) is 3.76. The molecule has 0 saturated carbocycles. The van der Waals surface area contributed by atoms with Gasteiger partial charge in [0.25, 0.3) is 11.8 Å². The van der Waals surface area contributed by atoms with Crippen LogP contribution in [0.3, 0.4) is 0 Å². The average Bonchev–Trinajstić information content (AvgIpc) is 2.96. The third-order valence-electron chi connectivity index (χ3n) is 3.52. The number of ether oxygens (including phenoxy) is 1. The summed E-state index contributed by atoms with van der Waals surface area (Å²) in [5.41, 5.74) is 0.653. The van der Waals surface area contributed by atoms with E-state index >= 15 is 0 Å². The molecule has 6 nitrogen and oxygen atoms in total. The number of carbonyl (C=O) groups is 2. The molecule has 1 aliphatic rings. The van der Waals surface area contributed by atoms with Gasteiger partial charge in [-0.05, 0) is 37.3 Å². The number of benzene rings is 2. The Morgan fingerprint density at radius 1 is 1.24 bits per heavy atom. The summed E-state index contributed by atoms with van der Waals surface area (Å²) in [6.45, 7) is 1.61. The van der Waals surface area contributed by atoms with Crippen LogP contribution in [0.4, 0.5) is 5.69 Å². The lowest BCUT2D eigenvalue weighted by molar-refractivity contribution is -0.125. The number of nitrogens with one attached hydrogen (secondary N) is 1. The van der Waals surface area contributed by atoms with E-state index in [9.17, 15) is 9.59 Å². The predicted molar refractivity (Wildman–Crippen MR) is 95.7 cm³/mol. The van der Waals surface area contributed by atoms with E-state index in [1.54, 1.807) is 43.3 Å². The highest BCUT2D eigenvalue weighted by atomic mass is 35.5. The molecule has 3 rings (SSSR count). The topological polar surface area (TPSA) is 71.0 Å². The van der Waals surface area contributed by atoms with Crippen molar-refractivity contribution < 1.29 is 14.3 Å². The van der Waals surface area contributed by atoms with Gasteiger partial charge in [-0.3, -0.25) is 9.59 Å². The summed E-state index contributed by atoms with van der Waals surface area (Å²) in [5, 5.41) is 8.61. The van der Waals surface area contributed by atoms with Crippen LogP contribution in [0.25, 0.3) is 0 Å². The van der Waals surface area contributed by atoms with Gasteiger partial charge in [-0.15, -0.1) is 0 Å². The molecule has 1 atom stereocenters. The van der Waals surface area contributed by atoms with Crippen molar-refractivity contribution in [2.45, 2.75) is 19.4 Å². The van der Waals surface area contributed by atoms with Gasteiger partial charge < -0.3 is 10.1 Å². The van der Waals surface area contributed by atoms with Gasteiger partial charge in [0.2, 0.25) is 0 Å². The lowest BCUT2D eigenvalue weighted by atomic mass is 10.3. The van der Waals surface area contributed by atoms with Crippen LogP contribution in [0, 0.1) is 0 Å². The third kappa shape index (κ3) is 4.16. The van der Waals surface area contributed by atoms with Crippen molar-refractivity contribution in [3.8, 4) is 5.75 Å². The SMILES string of the molecule is CC(Oc1cccc(Cl)c1)C(=O)NC1=NN(c2ccccc2)C(=O)C1. The fourth-order valence-electron chi connectivity index (χ4n) is 2.31. The molecule has 2 amide bonds. The van der Waals surface area contributed by atoms with Crippen LogP contribution < -0.4 is 15.1 Å². The normalized spacial score (nSPS) is 14.9. The first-order valence-electron chi connectivity index (χ1n) is 7.71. The second-order valence-corrected chi connectivity index (χ2v) is 5.91. The Balaban J connectivity index is 1.63. The second-order valence-electron chi connectivity index (χ2n) is 5.47. The molecule has 128 valence electrons. The molecule has 0 fully saturated rings. The molecule has 0 aromatic heterocycles. The van der Waals surface area contributed by atoms with E-state index in [1.165, 1.54) is 5.01 Å². The summed E-state index contributed by atoms with van der Waals surface area (Å²) in [6.07, 6.45) is -0.730. The monoisotopic (exact) mass is 357 g/mol. The fourth-order valence-corrected chi connectivity index (χ4v) is 2.49. The summed E-state index contributed by atoms with van der Waals surface area (Å²) in [7, 11) is 0. The standard InChI is InChI=1S/C18H16ClN3O3/c1-12(25-15-9-5-6-13(19)10-15)18(24)20-16-11-17(23)22(21-16)14-7-3-2-4-8-14/h2-10,12H,11H2,1H3,(H,20,21,24). The first kappa shape index (κ1) is 17.0. The molecule has 0 saturated heterocycles. The Kier molecular flexibility index (Phi) is 5.00. The van der Waals surface area contributed by atoms with Crippen molar-refractivity contribution in [1.29, 1.82) is 0 Å². The summed E-state index contributed by atoms with van der Waals surface area (Å²) < 4.78 is 5.56. The van der Waals surface area contributed by atoms with Crippen LogP contribution in [0.1, 0.15) is 13.3 Å². The van der Waals surface area contributed by atoms with Gasteiger partial charge in [-0.1, -0.05) is 35.9 Å². The molecular formula is C18H16ClN3O3. The van der Waals surface area contributed by atoms with E-state index in [0.717, 1.165) is 0 Å².